The zero-order valence-electron chi connectivity index (χ0n) is 6.90. The van der Waals surface area contributed by atoms with Gasteiger partial charge in [0.25, 0.3) is 0 Å². The van der Waals surface area contributed by atoms with Gasteiger partial charge in [-0.15, -0.1) is 0 Å². The van der Waals surface area contributed by atoms with Gasteiger partial charge in [0.15, 0.2) is 0 Å². The fourth-order valence-electron chi connectivity index (χ4n) is 0.431. The third-order valence-electron chi connectivity index (χ3n) is 1.19. The van der Waals surface area contributed by atoms with E-state index in [9.17, 15) is 8.42 Å². The lowest BCUT2D eigenvalue weighted by molar-refractivity contribution is -0.0262. The number of sulfonamides is 1. The molecule has 0 saturated heterocycles. The summed E-state index contributed by atoms with van der Waals surface area (Å²) in [7, 11) is 0.795. The van der Waals surface area contributed by atoms with Crippen molar-refractivity contribution in [2.45, 2.75) is 0 Å². The molecule has 0 rings (SSSR count). The molecule has 0 spiro atoms. The number of methoxy groups -OCH3 is 1. The van der Waals surface area contributed by atoms with E-state index in [4.69, 9.17) is 0 Å². The lowest BCUT2D eigenvalue weighted by atomic mass is 10.9. The number of hydroxylamine groups is 1. The molecular formula is C5H13NO4S. The van der Waals surface area contributed by atoms with Gasteiger partial charge in [-0.2, -0.15) is 0 Å². The molecule has 0 unspecified atom stereocenters. The molecule has 0 aliphatic rings. The first-order valence-corrected chi connectivity index (χ1v) is 4.65. The van der Waals surface area contributed by atoms with Gasteiger partial charge >= 0.3 is 0 Å². The van der Waals surface area contributed by atoms with E-state index in [1.807, 2.05) is 0 Å². The van der Waals surface area contributed by atoms with Gasteiger partial charge in [-0.1, -0.05) is 4.47 Å². The Labute approximate surface area is 66.9 Å². The molecule has 0 radical (unpaired) electrons. The van der Waals surface area contributed by atoms with Crippen molar-refractivity contribution in [2.75, 3.05) is 33.6 Å². The van der Waals surface area contributed by atoms with Crippen molar-refractivity contribution in [3.05, 3.63) is 0 Å². The monoisotopic (exact) mass is 183 g/mol. The molecule has 0 aromatic rings. The summed E-state index contributed by atoms with van der Waals surface area (Å²) >= 11 is 0. The molecule has 0 heterocycles. The van der Waals surface area contributed by atoms with Crippen LogP contribution in [0.5, 0.6) is 0 Å². The second-order valence-electron chi connectivity index (χ2n) is 1.90. The first-order valence-electron chi connectivity index (χ1n) is 3.04. The molecule has 0 saturated carbocycles. The number of hydrogen-bond donors (Lipinski definition) is 0. The molecule has 0 bridgehead atoms. The molecule has 0 N–H and O–H groups in total. The van der Waals surface area contributed by atoms with E-state index in [1.165, 1.54) is 21.3 Å². The molecule has 0 fully saturated rings. The van der Waals surface area contributed by atoms with Gasteiger partial charge in [-0.25, -0.2) is 8.42 Å². The normalized spacial score (nSPS) is 12.4. The highest BCUT2D eigenvalue weighted by Gasteiger charge is 2.16. The summed E-state index contributed by atoms with van der Waals surface area (Å²) in [5.74, 6) is -0.0617. The van der Waals surface area contributed by atoms with Crippen LogP contribution in [0, 0.1) is 0 Å². The SMILES string of the molecule is COCCS(=O)(=O)N(C)OC. The molecule has 0 aromatic carbocycles. The summed E-state index contributed by atoms with van der Waals surface area (Å²) in [6.45, 7) is 0.177. The van der Waals surface area contributed by atoms with Crippen LogP contribution in [0.3, 0.4) is 0 Å². The lowest BCUT2D eigenvalue weighted by Gasteiger charge is -2.12. The molecular weight excluding hydrogens is 170 g/mol. The largest absolute Gasteiger partial charge is 0.384 e. The van der Waals surface area contributed by atoms with Crippen molar-refractivity contribution in [2.24, 2.45) is 0 Å². The Bertz CT molecular complexity index is 189. The number of hydrogen-bond acceptors (Lipinski definition) is 4. The number of nitrogens with zero attached hydrogens (tertiary/aromatic N) is 1. The topological polar surface area (TPSA) is 55.8 Å². The summed E-state index contributed by atoms with van der Waals surface area (Å²) in [5, 5.41) is 0. The van der Waals surface area contributed by atoms with E-state index in [0.717, 1.165) is 4.47 Å². The predicted molar refractivity (Wildman–Crippen MR) is 40.4 cm³/mol. The maximum absolute atomic E-state index is 11.0. The van der Waals surface area contributed by atoms with Crippen molar-refractivity contribution in [3.63, 3.8) is 0 Å². The minimum Gasteiger partial charge on any atom is -0.384 e. The third kappa shape index (κ3) is 3.66. The highest BCUT2D eigenvalue weighted by molar-refractivity contribution is 7.88. The average Bonchev–Trinajstić information content (AvgIpc) is 1.99. The average molecular weight is 183 g/mol. The molecule has 0 aromatic heterocycles. The Morgan fingerprint density at radius 3 is 2.27 bits per heavy atom. The summed E-state index contributed by atoms with van der Waals surface area (Å²) in [6.07, 6.45) is 0. The van der Waals surface area contributed by atoms with Gasteiger partial charge in [-0.3, -0.25) is 4.84 Å². The summed E-state index contributed by atoms with van der Waals surface area (Å²) in [6, 6.07) is 0. The molecule has 0 amide bonds. The molecule has 68 valence electrons. The predicted octanol–water partition coefficient (Wildman–Crippen LogP) is -0.544. The fourth-order valence-corrected chi connectivity index (χ4v) is 1.29. The maximum atomic E-state index is 11.0. The van der Waals surface area contributed by atoms with E-state index >= 15 is 0 Å². The second kappa shape index (κ2) is 4.66. The van der Waals surface area contributed by atoms with Gasteiger partial charge < -0.3 is 4.74 Å². The molecule has 6 heteroatoms. The van der Waals surface area contributed by atoms with Crippen molar-refractivity contribution in [1.29, 1.82) is 0 Å². The summed E-state index contributed by atoms with van der Waals surface area (Å²) < 4.78 is 27.5. The first kappa shape index (κ1) is 10.8. The van der Waals surface area contributed by atoms with Crippen LogP contribution in [-0.2, 0) is 19.6 Å². The van der Waals surface area contributed by atoms with Crippen LogP contribution in [0.1, 0.15) is 0 Å². The van der Waals surface area contributed by atoms with Gasteiger partial charge in [-0.05, 0) is 0 Å². The van der Waals surface area contributed by atoms with Crippen LogP contribution in [0.4, 0.5) is 0 Å². The van der Waals surface area contributed by atoms with Crippen LogP contribution in [0.2, 0.25) is 0 Å². The van der Waals surface area contributed by atoms with Gasteiger partial charge in [0.2, 0.25) is 10.0 Å². The van der Waals surface area contributed by atoms with Crippen LogP contribution >= 0.6 is 0 Å². The van der Waals surface area contributed by atoms with Crippen LogP contribution in [0.15, 0.2) is 0 Å². The van der Waals surface area contributed by atoms with Crippen molar-refractivity contribution in [3.8, 4) is 0 Å². The maximum Gasteiger partial charge on any atom is 0.238 e. The minimum atomic E-state index is -3.29. The van der Waals surface area contributed by atoms with Gasteiger partial charge in [0, 0.05) is 14.2 Å². The molecule has 5 nitrogen and oxygen atoms in total. The minimum absolute atomic E-state index is 0.0617. The number of ether oxygens (including phenoxy) is 1. The second-order valence-corrected chi connectivity index (χ2v) is 3.99. The summed E-state index contributed by atoms with van der Waals surface area (Å²) in [5.41, 5.74) is 0. The zero-order chi connectivity index (χ0) is 8.91. The van der Waals surface area contributed by atoms with Crippen molar-refractivity contribution in [1.82, 2.24) is 4.47 Å². The lowest BCUT2D eigenvalue weighted by Crippen LogP contribution is -2.29. The van der Waals surface area contributed by atoms with Crippen molar-refractivity contribution < 1.29 is 18.0 Å². The van der Waals surface area contributed by atoms with Gasteiger partial charge in [0.1, 0.15) is 0 Å². The van der Waals surface area contributed by atoms with Crippen LogP contribution < -0.4 is 0 Å². The van der Waals surface area contributed by atoms with E-state index in [0.29, 0.717) is 0 Å². The number of rotatable bonds is 5. The molecule has 0 aliphatic heterocycles. The molecule has 0 aliphatic carbocycles. The quantitative estimate of drug-likeness (QED) is 0.537. The standard InChI is InChI=1S/C5H13NO4S/c1-6(10-3)11(7,8)5-4-9-2/h4-5H2,1-3H3. The highest BCUT2D eigenvalue weighted by atomic mass is 32.2. The highest BCUT2D eigenvalue weighted by Crippen LogP contribution is 1.96. The van der Waals surface area contributed by atoms with E-state index in [1.54, 1.807) is 0 Å². The van der Waals surface area contributed by atoms with E-state index < -0.39 is 10.0 Å². The molecule has 11 heavy (non-hydrogen) atoms. The molecule has 0 atom stereocenters. The Hall–Kier alpha value is -0.170. The Kier molecular flexibility index (Phi) is 4.58. The third-order valence-corrected chi connectivity index (χ3v) is 2.81. The first-order chi connectivity index (χ1) is 5.04. The van der Waals surface area contributed by atoms with E-state index in [-0.39, 0.29) is 12.4 Å². The smallest absolute Gasteiger partial charge is 0.238 e. The summed E-state index contributed by atoms with van der Waals surface area (Å²) in [4.78, 5) is 4.50. The Balaban J connectivity index is 4.01. The van der Waals surface area contributed by atoms with E-state index in [2.05, 4.69) is 9.57 Å². The Morgan fingerprint density at radius 2 is 1.91 bits per heavy atom. The Morgan fingerprint density at radius 1 is 1.36 bits per heavy atom. The van der Waals surface area contributed by atoms with Crippen LogP contribution in [0.25, 0.3) is 0 Å². The van der Waals surface area contributed by atoms with Crippen molar-refractivity contribution >= 4 is 10.0 Å². The van der Waals surface area contributed by atoms with Gasteiger partial charge in [0.05, 0.1) is 19.5 Å². The zero-order valence-corrected chi connectivity index (χ0v) is 7.72. The fraction of sp³-hybridized carbons (Fsp3) is 1.00. The van der Waals surface area contributed by atoms with Crippen LogP contribution in [-0.4, -0.2) is 46.5 Å².